The van der Waals surface area contributed by atoms with Crippen LogP contribution in [-0.4, -0.2) is 24.1 Å². The number of hydrogen-bond acceptors (Lipinski definition) is 4. The fraction of sp³-hybridized carbons (Fsp3) is 0.125. The Balaban J connectivity index is 2.34. The molecule has 0 radical (unpaired) electrons. The van der Waals surface area contributed by atoms with E-state index in [0.717, 1.165) is 33.5 Å². The van der Waals surface area contributed by atoms with Crippen molar-refractivity contribution in [1.29, 1.82) is 0 Å². The number of nitrogen functional groups attached to an aromatic ring is 1. The van der Waals surface area contributed by atoms with Crippen LogP contribution in [0.1, 0.15) is 0 Å². The van der Waals surface area contributed by atoms with E-state index < -0.39 is 0 Å². The van der Waals surface area contributed by atoms with Crippen molar-refractivity contribution in [2.45, 2.75) is 0 Å². The second kappa shape index (κ2) is 4.81. The summed E-state index contributed by atoms with van der Waals surface area (Å²) < 4.78 is 0. The maximum Gasteiger partial charge on any atom is 0.135 e. The first kappa shape index (κ1) is 12.4. The van der Waals surface area contributed by atoms with Gasteiger partial charge in [0, 0.05) is 48.7 Å². The molecule has 2 aromatic heterocycles. The van der Waals surface area contributed by atoms with E-state index in [1.54, 1.807) is 12.4 Å². The lowest BCUT2D eigenvalue weighted by molar-refractivity contribution is 1.07. The van der Waals surface area contributed by atoms with E-state index in [1.807, 2.05) is 43.3 Å². The number of para-hydroxylation sites is 1. The number of anilines is 2. The third kappa shape index (κ3) is 1.95. The van der Waals surface area contributed by atoms with Gasteiger partial charge in [-0.05, 0) is 18.2 Å². The minimum atomic E-state index is 0.743. The van der Waals surface area contributed by atoms with Gasteiger partial charge in [0.2, 0.25) is 0 Å². The molecular weight excluding hydrogens is 248 g/mol. The first-order valence-corrected chi connectivity index (χ1v) is 6.44. The Hall–Kier alpha value is -2.62. The SMILES string of the molecule is CN(C)c1ncccc1-c1cccc2c(N)ccnc12. The van der Waals surface area contributed by atoms with E-state index in [9.17, 15) is 0 Å². The second-order valence-corrected chi connectivity index (χ2v) is 4.87. The van der Waals surface area contributed by atoms with E-state index in [1.165, 1.54) is 0 Å². The molecule has 3 rings (SSSR count). The molecule has 0 fully saturated rings. The Labute approximate surface area is 117 Å². The summed E-state index contributed by atoms with van der Waals surface area (Å²) in [4.78, 5) is 10.9. The quantitative estimate of drug-likeness (QED) is 0.773. The Morgan fingerprint density at radius 3 is 2.50 bits per heavy atom. The smallest absolute Gasteiger partial charge is 0.135 e. The molecule has 0 saturated heterocycles. The summed E-state index contributed by atoms with van der Waals surface area (Å²) in [6.45, 7) is 0. The standard InChI is InChI=1S/C16H16N4/c1-20(2)16-12(7-4-9-19-16)11-5-3-6-13-14(17)8-10-18-15(11)13/h3-10H,1-2H3,(H2,17,18). The minimum absolute atomic E-state index is 0.743. The zero-order valence-corrected chi connectivity index (χ0v) is 11.5. The molecule has 0 aliphatic carbocycles. The predicted molar refractivity (Wildman–Crippen MR) is 83.7 cm³/mol. The van der Waals surface area contributed by atoms with E-state index in [0.29, 0.717) is 0 Å². The van der Waals surface area contributed by atoms with Crippen molar-refractivity contribution in [3.05, 3.63) is 48.8 Å². The molecule has 0 bridgehead atoms. The fourth-order valence-electron chi connectivity index (χ4n) is 2.38. The van der Waals surface area contributed by atoms with E-state index in [-0.39, 0.29) is 0 Å². The summed E-state index contributed by atoms with van der Waals surface area (Å²) in [5, 5.41) is 0.971. The summed E-state index contributed by atoms with van der Waals surface area (Å²) in [7, 11) is 3.97. The van der Waals surface area contributed by atoms with Crippen molar-refractivity contribution in [2.24, 2.45) is 0 Å². The van der Waals surface area contributed by atoms with Crippen LogP contribution in [-0.2, 0) is 0 Å². The molecule has 0 amide bonds. The number of nitrogens with zero attached hydrogens (tertiary/aromatic N) is 3. The van der Waals surface area contributed by atoms with Crippen LogP contribution in [0.25, 0.3) is 22.0 Å². The van der Waals surface area contributed by atoms with Crippen molar-refractivity contribution >= 4 is 22.4 Å². The average Bonchev–Trinajstić information content (AvgIpc) is 2.47. The number of aromatic nitrogens is 2. The highest BCUT2D eigenvalue weighted by molar-refractivity contribution is 6.01. The second-order valence-electron chi connectivity index (χ2n) is 4.87. The Morgan fingerprint density at radius 2 is 1.70 bits per heavy atom. The predicted octanol–water partition coefficient (Wildman–Crippen LogP) is 2.95. The van der Waals surface area contributed by atoms with Crippen LogP contribution < -0.4 is 10.6 Å². The molecule has 2 heterocycles. The van der Waals surface area contributed by atoms with Gasteiger partial charge in [0.15, 0.2) is 0 Å². The number of hydrogen-bond donors (Lipinski definition) is 1. The van der Waals surface area contributed by atoms with Crippen molar-refractivity contribution in [1.82, 2.24) is 9.97 Å². The van der Waals surface area contributed by atoms with Gasteiger partial charge in [-0.1, -0.05) is 18.2 Å². The van der Waals surface area contributed by atoms with Crippen LogP contribution in [0.15, 0.2) is 48.8 Å². The number of nitrogens with two attached hydrogens (primary N) is 1. The molecule has 2 N–H and O–H groups in total. The molecule has 100 valence electrons. The van der Waals surface area contributed by atoms with Crippen molar-refractivity contribution < 1.29 is 0 Å². The molecule has 0 unspecified atom stereocenters. The Bertz CT molecular complexity index is 765. The van der Waals surface area contributed by atoms with Crippen LogP contribution in [0.5, 0.6) is 0 Å². The summed E-state index contributed by atoms with van der Waals surface area (Å²) >= 11 is 0. The highest BCUT2D eigenvalue weighted by atomic mass is 15.1. The van der Waals surface area contributed by atoms with Crippen LogP contribution in [0.4, 0.5) is 11.5 Å². The number of benzene rings is 1. The van der Waals surface area contributed by atoms with Gasteiger partial charge < -0.3 is 10.6 Å². The molecule has 0 atom stereocenters. The topological polar surface area (TPSA) is 55.0 Å². The monoisotopic (exact) mass is 264 g/mol. The first-order chi connectivity index (χ1) is 9.68. The van der Waals surface area contributed by atoms with Crippen LogP contribution in [0.2, 0.25) is 0 Å². The maximum atomic E-state index is 6.03. The third-order valence-electron chi connectivity index (χ3n) is 3.31. The lowest BCUT2D eigenvalue weighted by Gasteiger charge is -2.17. The third-order valence-corrected chi connectivity index (χ3v) is 3.31. The summed E-state index contributed by atoms with van der Waals surface area (Å²) in [5.41, 5.74) is 9.79. The molecule has 3 aromatic rings. The van der Waals surface area contributed by atoms with E-state index in [4.69, 9.17) is 5.73 Å². The summed E-state index contributed by atoms with van der Waals surface area (Å²) in [5.74, 6) is 0.921. The number of fused-ring (bicyclic) bond motifs is 1. The van der Waals surface area contributed by atoms with Gasteiger partial charge >= 0.3 is 0 Å². The molecule has 4 nitrogen and oxygen atoms in total. The lowest BCUT2D eigenvalue weighted by atomic mass is 10.0. The molecule has 0 saturated carbocycles. The molecular formula is C16H16N4. The lowest BCUT2D eigenvalue weighted by Crippen LogP contribution is -2.11. The minimum Gasteiger partial charge on any atom is -0.398 e. The van der Waals surface area contributed by atoms with Gasteiger partial charge in [0.05, 0.1) is 5.52 Å². The highest BCUT2D eigenvalue weighted by Crippen LogP contribution is 2.33. The van der Waals surface area contributed by atoms with E-state index in [2.05, 4.69) is 22.1 Å². The maximum absolute atomic E-state index is 6.03. The summed E-state index contributed by atoms with van der Waals surface area (Å²) in [6, 6.07) is 11.9. The molecule has 0 aliphatic heterocycles. The van der Waals surface area contributed by atoms with Crippen molar-refractivity contribution in [3.8, 4) is 11.1 Å². The van der Waals surface area contributed by atoms with E-state index >= 15 is 0 Å². The fourth-order valence-corrected chi connectivity index (χ4v) is 2.38. The van der Waals surface area contributed by atoms with Crippen LogP contribution >= 0.6 is 0 Å². The largest absolute Gasteiger partial charge is 0.398 e. The normalized spacial score (nSPS) is 10.7. The van der Waals surface area contributed by atoms with Crippen molar-refractivity contribution in [3.63, 3.8) is 0 Å². The number of pyridine rings is 2. The van der Waals surface area contributed by atoms with Gasteiger partial charge in [-0.3, -0.25) is 4.98 Å². The van der Waals surface area contributed by atoms with Gasteiger partial charge in [0.1, 0.15) is 5.82 Å². The van der Waals surface area contributed by atoms with Crippen LogP contribution in [0.3, 0.4) is 0 Å². The number of rotatable bonds is 2. The Morgan fingerprint density at radius 1 is 0.900 bits per heavy atom. The zero-order chi connectivity index (χ0) is 14.1. The van der Waals surface area contributed by atoms with Gasteiger partial charge in [0.25, 0.3) is 0 Å². The molecule has 20 heavy (non-hydrogen) atoms. The van der Waals surface area contributed by atoms with Gasteiger partial charge in [-0.15, -0.1) is 0 Å². The van der Waals surface area contributed by atoms with Gasteiger partial charge in [-0.25, -0.2) is 4.98 Å². The highest BCUT2D eigenvalue weighted by Gasteiger charge is 2.12. The van der Waals surface area contributed by atoms with Gasteiger partial charge in [-0.2, -0.15) is 0 Å². The molecule has 0 aliphatic rings. The zero-order valence-electron chi connectivity index (χ0n) is 11.5. The molecule has 4 heteroatoms. The molecule has 0 spiro atoms. The Kier molecular flexibility index (Phi) is 2.99. The van der Waals surface area contributed by atoms with Crippen molar-refractivity contribution in [2.75, 3.05) is 24.7 Å². The average molecular weight is 264 g/mol. The van der Waals surface area contributed by atoms with Crippen LogP contribution in [0, 0.1) is 0 Å². The first-order valence-electron chi connectivity index (χ1n) is 6.44. The summed E-state index contributed by atoms with van der Waals surface area (Å²) in [6.07, 6.45) is 3.54. The molecule has 1 aromatic carbocycles.